The summed E-state index contributed by atoms with van der Waals surface area (Å²) in [5.74, 6) is -0.525. The van der Waals surface area contributed by atoms with Gasteiger partial charge in [-0.2, -0.15) is 4.31 Å². The van der Waals surface area contributed by atoms with Crippen LogP contribution in [0.25, 0.3) is 0 Å². The van der Waals surface area contributed by atoms with Crippen LogP contribution in [-0.4, -0.2) is 104 Å². The molecule has 0 radical (unpaired) electrons. The molecule has 59 heavy (non-hydrogen) atoms. The van der Waals surface area contributed by atoms with Crippen LogP contribution in [0.2, 0.25) is 0 Å². The molecule has 4 N–H and O–H groups in total. The van der Waals surface area contributed by atoms with E-state index in [0.717, 1.165) is 50.8 Å². The molecule has 1 aromatic heterocycles. The number of carbonyl (C=O) groups is 1. The van der Waals surface area contributed by atoms with E-state index in [0.29, 0.717) is 69.8 Å². The average molecular weight is 852 g/mol. The van der Waals surface area contributed by atoms with Gasteiger partial charge in [0.2, 0.25) is 31.6 Å². The summed E-state index contributed by atoms with van der Waals surface area (Å²) in [6.07, 6.45) is 8.81. The van der Waals surface area contributed by atoms with Crippen LogP contribution in [0, 0.1) is 21.4 Å². The number of nitro groups is 1. The fourth-order valence-electron chi connectivity index (χ4n) is 9.81. The van der Waals surface area contributed by atoms with Crippen molar-refractivity contribution in [3.63, 3.8) is 0 Å². The number of amides is 1. The second-order valence-electron chi connectivity index (χ2n) is 17.9. The summed E-state index contributed by atoms with van der Waals surface area (Å²) in [5.41, 5.74) is 7.37. The smallest absolute Gasteiger partial charge is 0.312 e. The van der Waals surface area contributed by atoms with E-state index in [1.807, 2.05) is 12.1 Å². The zero-order valence-electron chi connectivity index (χ0n) is 34.3. The van der Waals surface area contributed by atoms with E-state index in [-0.39, 0.29) is 33.7 Å². The lowest BCUT2D eigenvalue weighted by Gasteiger charge is -2.58. The van der Waals surface area contributed by atoms with Gasteiger partial charge in [-0.25, -0.2) is 21.8 Å². The predicted octanol–water partition coefficient (Wildman–Crippen LogP) is 5.47. The number of aliphatic hydroxyl groups is 1. The van der Waals surface area contributed by atoms with Crippen molar-refractivity contribution in [2.75, 3.05) is 55.7 Å². The lowest BCUT2D eigenvalue weighted by Crippen LogP contribution is -2.60. The number of sulfonamides is 1. The van der Waals surface area contributed by atoms with Crippen molar-refractivity contribution >= 4 is 43.0 Å². The van der Waals surface area contributed by atoms with E-state index in [9.17, 15) is 36.9 Å². The number of carbonyl (C=O) groups excluding carboxylic acids is 1. The molecule has 1 amide bonds. The Bertz CT molecular complexity index is 2290. The fourth-order valence-corrected chi connectivity index (χ4v) is 12.1. The van der Waals surface area contributed by atoms with E-state index in [4.69, 9.17) is 5.73 Å². The third-order valence-corrected chi connectivity index (χ3v) is 16.5. The maximum absolute atomic E-state index is 14.2. The van der Waals surface area contributed by atoms with Gasteiger partial charge in [0.15, 0.2) is 0 Å². The van der Waals surface area contributed by atoms with Crippen LogP contribution in [0.4, 0.5) is 17.2 Å². The molecule has 2 aromatic carbocycles. The fraction of sp³-hybridized carbons (Fsp3) is 0.571. The summed E-state index contributed by atoms with van der Waals surface area (Å²) >= 11 is 0. The molecule has 2 aliphatic carbocycles. The third-order valence-electron chi connectivity index (χ3n) is 13.4. The molecular formula is C42H57N7O8S2. The normalized spacial score (nSPS) is 24.5. The molecule has 3 heterocycles. The van der Waals surface area contributed by atoms with Gasteiger partial charge in [0.25, 0.3) is 0 Å². The Balaban J connectivity index is 1.05. The first-order chi connectivity index (χ1) is 27.8. The van der Waals surface area contributed by atoms with E-state index >= 15 is 0 Å². The number of pyridine rings is 1. The van der Waals surface area contributed by atoms with Crippen molar-refractivity contribution in [2.24, 2.45) is 17.1 Å². The van der Waals surface area contributed by atoms with E-state index in [1.165, 1.54) is 29.5 Å². The van der Waals surface area contributed by atoms with Crippen LogP contribution in [0.15, 0.2) is 64.5 Å². The van der Waals surface area contributed by atoms with E-state index < -0.39 is 46.9 Å². The minimum atomic E-state index is -4.48. The van der Waals surface area contributed by atoms with Crippen molar-refractivity contribution in [3.05, 3.63) is 81.5 Å². The van der Waals surface area contributed by atoms with Gasteiger partial charge in [0.05, 0.1) is 32.1 Å². The SMILES string of the molecule is CC(C)c1ccccc1[C@@H]1CN(S(C)(=O)=O)CCN1C1CC2(CCN(c3ccc(C(N)=O)c(S(=O)(=O)c4cnc(NCC5CCC(C)(O)CC5)c([N+](=O)[O-])c4)c3)CC2)C1. The molecule has 320 valence electrons. The van der Waals surface area contributed by atoms with Crippen molar-refractivity contribution in [2.45, 2.75) is 106 Å². The number of hydrogen-bond acceptors (Lipinski definition) is 12. The molecule has 0 unspecified atom stereocenters. The minimum absolute atomic E-state index is 0.0472. The quantitative estimate of drug-likeness (QED) is 0.153. The van der Waals surface area contributed by atoms with Crippen LogP contribution in [0.5, 0.6) is 0 Å². The lowest BCUT2D eigenvalue weighted by atomic mass is 9.59. The Morgan fingerprint density at radius 3 is 2.32 bits per heavy atom. The summed E-state index contributed by atoms with van der Waals surface area (Å²) in [7, 11) is -7.83. The zero-order valence-corrected chi connectivity index (χ0v) is 36.0. The van der Waals surface area contributed by atoms with Crippen LogP contribution >= 0.6 is 0 Å². The average Bonchev–Trinajstić information content (AvgIpc) is 3.18. The van der Waals surface area contributed by atoms with Crippen molar-refractivity contribution in [1.82, 2.24) is 14.2 Å². The number of rotatable bonds is 12. The Kier molecular flexibility index (Phi) is 11.9. The van der Waals surface area contributed by atoms with Gasteiger partial charge in [-0.15, -0.1) is 0 Å². The number of anilines is 2. The highest BCUT2D eigenvalue weighted by Crippen LogP contribution is 2.53. The van der Waals surface area contributed by atoms with E-state index in [2.05, 4.69) is 46.1 Å². The largest absolute Gasteiger partial charge is 0.390 e. The monoisotopic (exact) mass is 851 g/mol. The molecule has 15 nitrogen and oxygen atoms in total. The van der Waals surface area contributed by atoms with Crippen molar-refractivity contribution in [1.29, 1.82) is 0 Å². The van der Waals surface area contributed by atoms with Crippen LogP contribution in [-0.2, 0) is 19.9 Å². The number of sulfone groups is 1. The molecule has 3 aromatic rings. The Hall–Kier alpha value is -4.16. The van der Waals surface area contributed by atoms with Gasteiger partial charge in [-0.3, -0.25) is 19.8 Å². The standard InChI is InChI=1S/C42H57N7O8S2/c1-28(2)33-7-5-6-8-34(33)37-27-47(58(4,54)55)19-20-48(37)31-23-42(24-31)15-17-46(18-16-42)30-9-10-35(39(43)50)38(21-30)59(56,57)32-22-36(49(52)53)40(45-26-32)44-25-29-11-13-41(3,51)14-12-29/h5-10,21-22,26,28-29,31,37,51H,11-20,23-25,27H2,1-4H3,(H2,43,50)(H,44,45)/t29?,37-,41?/m0/s1. The van der Waals surface area contributed by atoms with Gasteiger partial charge in [0.1, 0.15) is 0 Å². The number of primary amides is 1. The lowest BCUT2D eigenvalue weighted by molar-refractivity contribution is -0.384. The minimum Gasteiger partial charge on any atom is -0.390 e. The number of nitrogens with zero attached hydrogens (tertiary/aromatic N) is 5. The molecule has 2 saturated heterocycles. The highest BCUT2D eigenvalue weighted by molar-refractivity contribution is 7.91. The first-order valence-electron chi connectivity index (χ1n) is 20.6. The number of benzene rings is 2. The second-order valence-corrected chi connectivity index (χ2v) is 21.8. The van der Waals surface area contributed by atoms with Gasteiger partial charge in [-0.05, 0) is 105 Å². The topological polar surface area (TPSA) is 209 Å². The third kappa shape index (κ3) is 8.99. The summed E-state index contributed by atoms with van der Waals surface area (Å²) in [4.78, 5) is 32.1. The molecule has 1 atom stereocenters. The first-order valence-corrected chi connectivity index (χ1v) is 23.9. The zero-order chi connectivity index (χ0) is 42.5. The summed E-state index contributed by atoms with van der Waals surface area (Å²) in [6, 6.07) is 14.1. The Labute approximate surface area is 347 Å². The maximum atomic E-state index is 14.2. The molecule has 1 spiro atoms. The Morgan fingerprint density at radius 2 is 1.69 bits per heavy atom. The van der Waals surface area contributed by atoms with E-state index in [1.54, 1.807) is 17.3 Å². The number of nitrogens with one attached hydrogen (secondary N) is 1. The van der Waals surface area contributed by atoms with Gasteiger partial charge in [0, 0.05) is 69.3 Å². The molecule has 7 rings (SSSR count). The molecule has 4 fully saturated rings. The summed E-state index contributed by atoms with van der Waals surface area (Å²) in [5, 5.41) is 25.5. The number of piperidine rings is 1. The maximum Gasteiger partial charge on any atom is 0.312 e. The molecule has 17 heteroatoms. The van der Waals surface area contributed by atoms with Gasteiger partial charge >= 0.3 is 5.69 Å². The molecule has 2 saturated carbocycles. The molecule has 2 aliphatic heterocycles. The first kappa shape index (κ1) is 42.9. The van der Waals surface area contributed by atoms with Crippen LogP contribution in [0.3, 0.4) is 0 Å². The molecular weight excluding hydrogens is 795 g/mol. The highest BCUT2D eigenvalue weighted by Gasteiger charge is 2.50. The molecule has 4 aliphatic rings. The predicted molar refractivity (Wildman–Crippen MR) is 226 cm³/mol. The number of piperazine rings is 1. The van der Waals surface area contributed by atoms with Gasteiger partial charge in [-0.1, -0.05) is 38.1 Å². The summed E-state index contributed by atoms with van der Waals surface area (Å²) in [6.45, 7) is 9.37. The number of nitrogens with two attached hydrogens (primary N) is 1. The van der Waals surface area contributed by atoms with Crippen molar-refractivity contribution < 1.29 is 31.7 Å². The van der Waals surface area contributed by atoms with Gasteiger partial charge < -0.3 is 21.1 Å². The molecule has 0 bridgehead atoms. The number of hydrogen-bond donors (Lipinski definition) is 3. The highest BCUT2D eigenvalue weighted by atomic mass is 32.2. The van der Waals surface area contributed by atoms with Crippen molar-refractivity contribution in [3.8, 4) is 0 Å². The second kappa shape index (κ2) is 16.4. The summed E-state index contributed by atoms with van der Waals surface area (Å²) < 4.78 is 55.3. The van der Waals surface area contributed by atoms with Crippen LogP contribution in [0.1, 0.15) is 106 Å². The number of aromatic nitrogens is 1. The Morgan fingerprint density at radius 1 is 1.02 bits per heavy atom. The van der Waals surface area contributed by atoms with Crippen LogP contribution < -0.4 is 16.0 Å².